The summed E-state index contributed by atoms with van der Waals surface area (Å²) in [4.78, 5) is 12.5. The second-order valence-electron chi connectivity index (χ2n) is 7.20. The SMILES string of the molecule is Cc1ccc(-n2nc(C)cc2NC(=O)CSc2nnc(-c3ccc4c(c3)OCO4)o2)cc1. The Morgan fingerprint density at radius 3 is 2.72 bits per heavy atom. The van der Waals surface area contributed by atoms with Crippen molar-refractivity contribution in [3.63, 3.8) is 0 Å². The Morgan fingerprint density at radius 1 is 1.06 bits per heavy atom. The molecule has 0 saturated carbocycles. The number of ether oxygens (including phenoxy) is 2. The maximum absolute atomic E-state index is 12.5. The van der Waals surface area contributed by atoms with Crippen LogP contribution in [0.25, 0.3) is 17.1 Å². The summed E-state index contributed by atoms with van der Waals surface area (Å²) in [5, 5.41) is 15.8. The highest BCUT2D eigenvalue weighted by Gasteiger charge is 2.18. The van der Waals surface area contributed by atoms with Crippen molar-refractivity contribution in [2.75, 3.05) is 17.9 Å². The molecule has 0 atom stereocenters. The first-order valence-corrected chi connectivity index (χ1v) is 10.8. The molecule has 4 aromatic rings. The van der Waals surface area contributed by atoms with E-state index < -0.39 is 0 Å². The van der Waals surface area contributed by atoms with E-state index in [2.05, 4.69) is 20.6 Å². The fourth-order valence-corrected chi connectivity index (χ4v) is 3.75. The molecule has 2 aromatic carbocycles. The minimum Gasteiger partial charge on any atom is -0.454 e. The molecule has 10 heteroatoms. The number of aryl methyl sites for hydroxylation is 2. The van der Waals surface area contributed by atoms with Crippen molar-refractivity contribution in [1.29, 1.82) is 0 Å². The zero-order valence-electron chi connectivity index (χ0n) is 17.4. The van der Waals surface area contributed by atoms with Crippen LogP contribution in [0.4, 0.5) is 5.82 Å². The van der Waals surface area contributed by atoms with E-state index in [1.807, 2.05) is 50.2 Å². The number of nitrogens with zero attached hydrogens (tertiary/aromatic N) is 4. The lowest BCUT2D eigenvalue weighted by Crippen LogP contribution is -2.17. The zero-order chi connectivity index (χ0) is 22.1. The number of aromatic nitrogens is 4. The molecule has 2 aromatic heterocycles. The van der Waals surface area contributed by atoms with Gasteiger partial charge in [0, 0.05) is 11.6 Å². The lowest BCUT2D eigenvalue weighted by molar-refractivity contribution is -0.113. The Morgan fingerprint density at radius 2 is 1.88 bits per heavy atom. The van der Waals surface area contributed by atoms with E-state index in [0.717, 1.165) is 34.3 Å². The van der Waals surface area contributed by atoms with Gasteiger partial charge in [-0.3, -0.25) is 4.79 Å². The largest absolute Gasteiger partial charge is 0.454 e. The molecular weight excluding hydrogens is 430 g/mol. The number of carbonyl (C=O) groups excluding carboxylic acids is 1. The number of fused-ring (bicyclic) bond motifs is 1. The minimum atomic E-state index is -0.203. The van der Waals surface area contributed by atoms with Crippen LogP contribution in [-0.2, 0) is 4.79 Å². The summed E-state index contributed by atoms with van der Waals surface area (Å²) < 4.78 is 18.1. The van der Waals surface area contributed by atoms with Crippen LogP contribution >= 0.6 is 11.8 Å². The van der Waals surface area contributed by atoms with Gasteiger partial charge in [-0.15, -0.1) is 10.2 Å². The van der Waals surface area contributed by atoms with Crippen LogP contribution in [0.2, 0.25) is 0 Å². The van der Waals surface area contributed by atoms with Gasteiger partial charge in [0.2, 0.25) is 18.6 Å². The minimum absolute atomic E-state index is 0.112. The third kappa shape index (κ3) is 4.17. The molecule has 32 heavy (non-hydrogen) atoms. The number of thioether (sulfide) groups is 1. The van der Waals surface area contributed by atoms with Crippen LogP contribution in [-0.4, -0.2) is 38.4 Å². The predicted molar refractivity (Wildman–Crippen MR) is 118 cm³/mol. The van der Waals surface area contributed by atoms with Gasteiger partial charge in [-0.05, 0) is 44.2 Å². The predicted octanol–water partition coefficient (Wildman–Crippen LogP) is 4.00. The second-order valence-corrected chi connectivity index (χ2v) is 8.12. The molecule has 0 saturated heterocycles. The number of hydrogen-bond donors (Lipinski definition) is 1. The molecule has 1 aliphatic heterocycles. The van der Waals surface area contributed by atoms with Crippen LogP contribution in [0.1, 0.15) is 11.3 Å². The quantitative estimate of drug-likeness (QED) is 0.441. The zero-order valence-corrected chi connectivity index (χ0v) is 18.2. The van der Waals surface area contributed by atoms with Crippen LogP contribution in [0, 0.1) is 13.8 Å². The summed E-state index contributed by atoms with van der Waals surface area (Å²) in [5.41, 5.74) is 3.55. The number of hydrogen-bond acceptors (Lipinski definition) is 8. The third-order valence-electron chi connectivity index (χ3n) is 4.73. The summed E-state index contributed by atoms with van der Waals surface area (Å²) >= 11 is 1.16. The average Bonchev–Trinajstić information content (AvgIpc) is 3.52. The van der Waals surface area contributed by atoms with Crippen molar-refractivity contribution in [3.05, 3.63) is 59.8 Å². The van der Waals surface area contributed by atoms with E-state index in [4.69, 9.17) is 13.9 Å². The Balaban J connectivity index is 1.23. The highest BCUT2D eigenvalue weighted by molar-refractivity contribution is 7.99. The summed E-state index contributed by atoms with van der Waals surface area (Å²) in [6.07, 6.45) is 0. The monoisotopic (exact) mass is 449 g/mol. The highest BCUT2D eigenvalue weighted by atomic mass is 32.2. The van der Waals surface area contributed by atoms with Crippen LogP contribution in [0.3, 0.4) is 0 Å². The molecule has 1 amide bonds. The molecule has 3 heterocycles. The molecule has 0 radical (unpaired) electrons. The van der Waals surface area contributed by atoms with Gasteiger partial charge in [0.25, 0.3) is 5.22 Å². The normalized spacial score (nSPS) is 12.2. The Bertz CT molecular complexity index is 1280. The van der Waals surface area contributed by atoms with Crippen LogP contribution in [0.5, 0.6) is 11.5 Å². The fourth-order valence-electron chi connectivity index (χ4n) is 3.19. The van der Waals surface area contributed by atoms with Crippen molar-refractivity contribution < 1.29 is 18.7 Å². The summed E-state index contributed by atoms with van der Waals surface area (Å²) in [5.74, 6) is 2.17. The Hall–Kier alpha value is -3.79. The van der Waals surface area contributed by atoms with Gasteiger partial charge in [-0.2, -0.15) is 5.10 Å². The van der Waals surface area contributed by atoms with Gasteiger partial charge >= 0.3 is 0 Å². The van der Waals surface area contributed by atoms with Gasteiger partial charge in [0.15, 0.2) is 11.5 Å². The molecule has 0 spiro atoms. The maximum Gasteiger partial charge on any atom is 0.277 e. The second kappa shape index (κ2) is 8.39. The van der Waals surface area contributed by atoms with Gasteiger partial charge in [-0.25, -0.2) is 4.68 Å². The van der Waals surface area contributed by atoms with Crippen LogP contribution in [0.15, 0.2) is 58.2 Å². The van der Waals surface area contributed by atoms with Crippen LogP contribution < -0.4 is 14.8 Å². The van der Waals surface area contributed by atoms with Gasteiger partial charge in [0.05, 0.1) is 17.1 Å². The lowest BCUT2D eigenvalue weighted by atomic mass is 10.2. The van der Waals surface area contributed by atoms with E-state index in [1.165, 1.54) is 0 Å². The molecule has 0 aliphatic carbocycles. The lowest BCUT2D eigenvalue weighted by Gasteiger charge is -2.08. The van der Waals surface area contributed by atoms with Gasteiger partial charge in [0.1, 0.15) is 5.82 Å². The summed E-state index contributed by atoms with van der Waals surface area (Å²) in [6, 6.07) is 15.1. The fraction of sp³-hybridized carbons (Fsp3) is 0.182. The van der Waals surface area contributed by atoms with E-state index in [9.17, 15) is 4.79 Å². The van der Waals surface area contributed by atoms with E-state index in [1.54, 1.807) is 16.8 Å². The number of nitrogens with one attached hydrogen (secondary N) is 1. The van der Waals surface area contributed by atoms with E-state index >= 15 is 0 Å². The summed E-state index contributed by atoms with van der Waals surface area (Å²) in [7, 11) is 0. The third-order valence-corrected chi connectivity index (χ3v) is 5.55. The van der Waals surface area contributed by atoms with Gasteiger partial charge < -0.3 is 19.2 Å². The van der Waals surface area contributed by atoms with Crippen molar-refractivity contribution in [2.45, 2.75) is 19.1 Å². The topological polar surface area (TPSA) is 104 Å². The molecule has 1 N–H and O–H groups in total. The smallest absolute Gasteiger partial charge is 0.277 e. The number of benzene rings is 2. The van der Waals surface area contributed by atoms with Crippen molar-refractivity contribution in [1.82, 2.24) is 20.0 Å². The number of anilines is 1. The molecule has 162 valence electrons. The molecule has 5 rings (SSSR count). The van der Waals surface area contributed by atoms with Crippen molar-refractivity contribution >= 4 is 23.5 Å². The molecule has 0 bridgehead atoms. The first-order chi connectivity index (χ1) is 15.5. The Kier molecular flexibility index (Phi) is 5.28. The maximum atomic E-state index is 12.5. The first kappa shape index (κ1) is 20.1. The van der Waals surface area contributed by atoms with Gasteiger partial charge in [-0.1, -0.05) is 29.5 Å². The Labute approximate surface area is 187 Å². The molecule has 9 nitrogen and oxygen atoms in total. The summed E-state index contributed by atoms with van der Waals surface area (Å²) in [6.45, 7) is 4.10. The standard InChI is InChI=1S/C22H19N5O4S/c1-13-3-6-16(7-4-13)27-19(9-14(2)26-27)23-20(28)11-32-22-25-24-21(31-22)15-5-8-17-18(10-15)30-12-29-17/h3-10H,11-12H2,1-2H3,(H,23,28). The van der Waals surface area contributed by atoms with Crippen molar-refractivity contribution in [2.24, 2.45) is 0 Å². The number of carbonyl (C=O) groups is 1. The van der Waals surface area contributed by atoms with Crippen molar-refractivity contribution in [3.8, 4) is 28.6 Å². The molecular formula is C22H19N5O4S. The van der Waals surface area contributed by atoms with E-state index in [-0.39, 0.29) is 18.5 Å². The van der Waals surface area contributed by atoms with E-state index in [0.29, 0.717) is 28.4 Å². The highest BCUT2D eigenvalue weighted by Crippen LogP contribution is 2.36. The number of amides is 1. The average molecular weight is 449 g/mol. The molecule has 0 unspecified atom stereocenters. The molecule has 1 aliphatic rings. The first-order valence-electron chi connectivity index (χ1n) is 9.85. The molecule has 0 fully saturated rings. The number of rotatable bonds is 6.